The summed E-state index contributed by atoms with van der Waals surface area (Å²) < 4.78 is 4.94. The molecule has 0 bridgehead atoms. The smallest absolute Gasteiger partial charge is 0.340 e. The highest BCUT2D eigenvalue weighted by atomic mass is 16.5. The highest BCUT2D eigenvalue weighted by molar-refractivity contribution is 6.44. The van der Waals surface area contributed by atoms with Gasteiger partial charge in [-0.1, -0.05) is 12.1 Å². The summed E-state index contributed by atoms with van der Waals surface area (Å²) in [6, 6.07) is 11.4. The fraction of sp³-hybridized carbons (Fsp3) is 0.111. The van der Waals surface area contributed by atoms with Crippen LogP contribution in [0.3, 0.4) is 0 Å². The van der Waals surface area contributed by atoms with Gasteiger partial charge in [0.2, 0.25) is 0 Å². The molecule has 1 heterocycles. The minimum atomic E-state index is -0.897. The Balaban J connectivity index is 1.71. The number of hydrogen-bond acceptors (Lipinski definition) is 5. The average molecular weight is 352 g/mol. The van der Waals surface area contributed by atoms with E-state index in [9.17, 15) is 14.4 Å². The van der Waals surface area contributed by atoms with Crippen LogP contribution in [0, 0.1) is 0 Å². The van der Waals surface area contributed by atoms with Crippen molar-refractivity contribution in [2.45, 2.75) is 6.92 Å². The first kappa shape index (κ1) is 17.2. The Morgan fingerprint density at radius 3 is 2.65 bits per heavy atom. The van der Waals surface area contributed by atoms with E-state index in [1.807, 2.05) is 0 Å². The number of para-hydroxylation sites is 1. The van der Waals surface area contributed by atoms with Crippen LogP contribution in [0.25, 0.3) is 10.9 Å². The van der Waals surface area contributed by atoms with Gasteiger partial charge in [-0.15, -0.1) is 0 Å². The fourth-order valence-electron chi connectivity index (χ4n) is 2.36. The lowest BCUT2D eigenvalue weighted by atomic mass is 10.2. The molecule has 3 N–H and O–H groups in total. The number of carbonyl (C=O) groups excluding carboxylic acids is 3. The van der Waals surface area contributed by atoms with Crippen LogP contribution in [0.15, 0.2) is 48.7 Å². The van der Waals surface area contributed by atoms with E-state index in [1.54, 1.807) is 43.5 Å². The predicted octanol–water partition coefficient (Wildman–Crippen LogP) is 2.32. The Hall–Kier alpha value is -3.68. The van der Waals surface area contributed by atoms with Gasteiger partial charge >= 0.3 is 17.8 Å². The number of esters is 1. The van der Waals surface area contributed by atoms with Gasteiger partial charge in [-0.2, -0.15) is 5.10 Å². The molecule has 0 fully saturated rings. The van der Waals surface area contributed by atoms with E-state index in [0.29, 0.717) is 5.69 Å². The number of aromatic nitrogens is 2. The van der Waals surface area contributed by atoms with E-state index in [1.165, 1.54) is 12.1 Å². The number of rotatable bonds is 4. The van der Waals surface area contributed by atoms with E-state index in [0.717, 1.165) is 10.9 Å². The van der Waals surface area contributed by atoms with Crippen LogP contribution >= 0.6 is 0 Å². The third-order valence-corrected chi connectivity index (χ3v) is 3.58. The van der Waals surface area contributed by atoms with E-state index in [2.05, 4.69) is 20.8 Å². The quantitative estimate of drug-likeness (QED) is 0.493. The number of ether oxygens (including phenoxy) is 1. The van der Waals surface area contributed by atoms with Gasteiger partial charge in [0.25, 0.3) is 0 Å². The largest absolute Gasteiger partial charge is 0.462 e. The minimum Gasteiger partial charge on any atom is -0.462 e. The van der Waals surface area contributed by atoms with Gasteiger partial charge in [-0.25, -0.2) is 4.79 Å². The topological polar surface area (TPSA) is 113 Å². The van der Waals surface area contributed by atoms with Gasteiger partial charge in [0.05, 0.1) is 29.6 Å². The number of H-pyrrole nitrogens is 1. The molecule has 0 spiro atoms. The number of fused-ring (bicyclic) bond motifs is 1. The maximum absolute atomic E-state index is 12.2. The van der Waals surface area contributed by atoms with Crippen LogP contribution in [0.1, 0.15) is 17.3 Å². The van der Waals surface area contributed by atoms with Crippen molar-refractivity contribution < 1.29 is 19.1 Å². The molecule has 0 aliphatic heterocycles. The van der Waals surface area contributed by atoms with Gasteiger partial charge < -0.3 is 15.4 Å². The van der Waals surface area contributed by atoms with Crippen molar-refractivity contribution in [2.24, 2.45) is 0 Å². The molecule has 2 amide bonds. The second-order valence-corrected chi connectivity index (χ2v) is 5.35. The maximum Gasteiger partial charge on any atom is 0.340 e. The zero-order valence-electron chi connectivity index (χ0n) is 13.9. The Bertz CT molecular complexity index is 980. The Morgan fingerprint density at radius 1 is 1.08 bits per heavy atom. The number of aromatic amines is 1. The van der Waals surface area contributed by atoms with Crippen molar-refractivity contribution in [2.75, 3.05) is 17.2 Å². The van der Waals surface area contributed by atoms with Gasteiger partial charge in [-0.05, 0) is 37.3 Å². The van der Waals surface area contributed by atoms with Crippen LogP contribution in [-0.4, -0.2) is 34.6 Å². The van der Waals surface area contributed by atoms with Gasteiger partial charge in [-0.3, -0.25) is 14.7 Å². The Labute approximate surface area is 148 Å². The van der Waals surface area contributed by atoms with Crippen LogP contribution in [0.5, 0.6) is 0 Å². The van der Waals surface area contributed by atoms with Crippen molar-refractivity contribution in [1.82, 2.24) is 10.2 Å². The molecule has 3 aromatic rings. The molecule has 0 saturated heterocycles. The highest BCUT2D eigenvalue weighted by Gasteiger charge is 2.18. The number of nitrogens with zero attached hydrogens (tertiary/aromatic N) is 1. The summed E-state index contributed by atoms with van der Waals surface area (Å²) in [5.41, 5.74) is 1.56. The molecule has 3 rings (SSSR count). The Kier molecular flexibility index (Phi) is 4.93. The zero-order valence-corrected chi connectivity index (χ0v) is 13.9. The third kappa shape index (κ3) is 3.69. The molecular formula is C18H16N4O4. The van der Waals surface area contributed by atoms with Crippen LogP contribution < -0.4 is 10.6 Å². The molecule has 0 saturated carbocycles. The number of amides is 2. The SMILES string of the molecule is CCOC(=O)c1ccccc1NC(=O)C(=O)Nc1ccc2cn[nH]c2c1. The van der Waals surface area contributed by atoms with Crippen LogP contribution in [0.2, 0.25) is 0 Å². The van der Waals surface area contributed by atoms with Crippen molar-refractivity contribution in [3.63, 3.8) is 0 Å². The summed E-state index contributed by atoms with van der Waals surface area (Å²) in [6.45, 7) is 1.89. The number of benzene rings is 2. The van der Waals surface area contributed by atoms with Crippen molar-refractivity contribution in [3.05, 3.63) is 54.2 Å². The maximum atomic E-state index is 12.2. The summed E-state index contributed by atoms with van der Waals surface area (Å²) in [4.78, 5) is 36.2. The average Bonchev–Trinajstić information content (AvgIpc) is 3.10. The van der Waals surface area contributed by atoms with E-state index in [4.69, 9.17) is 4.74 Å². The Morgan fingerprint density at radius 2 is 1.85 bits per heavy atom. The standard InChI is InChI=1S/C18H16N4O4/c1-2-26-18(25)13-5-3-4-6-14(13)21-17(24)16(23)20-12-8-7-11-10-19-22-15(11)9-12/h3-10H,2H2,1H3,(H,19,22)(H,20,23)(H,21,24). The minimum absolute atomic E-state index is 0.175. The number of hydrogen-bond donors (Lipinski definition) is 3. The molecule has 0 aliphatic rings. The molecule has 2 aromatic carbocycles. The molecule has 0 unspecified atom stereocenters. The molecule has 1 aromatic heterocycles. The van der Waals surface area contributed by atoms with Gasteiger partial charge in [0, 0.05) is 11.1 Å². The molecule has 132 valence electrons. The van der Waals surface area contributed by atoms with E-state index in [-0.39, 0.29) is 17.9 Å². The second kappa shape index (κ2) is 7.47. The van der Waals surface area contributed by atoms with Gasteiger partial charge in [0.1, 0.15) is 0 Å². The number of carbonyl (C=O) groups is 3. The summed E-state index contributed by atoms with van der Waals surface area (Å²) in [5.74, 6) is -2.33. The molecule has 0 aliphatic carbocycles. The van der Waals surface area contributed by atoms with Crippen molar-refractivity contribution in [3.8, 4) is 0 Å². The second-order valence-electron chi connectivity index (χ2n) is 5.35. The zero-order chi connectivity index (χ0) is 18.5. The summed E-state index contributed by atoms with van der Waals surface area (Å²) in [6.07, 6.45) is 1.65. The number of anilines is 2. The first-order chi connectivity index (χ1) is 12.6. The summed E-state index contributed by atoms with van der Waals surface area (Å²) >= 11 is 0. The van der Waals surface area contributed by atoms with E-state index < -0.39 is 17.8 Å². The normalized spacial score (nSPS) is 10.3. The number of nitrogens with one attached hydrogen (secondary N) is 3. The van der Waals surface area contributed by atoms with Crippen LogP contribution in [0.4, 0.5) is 11.4 Å². The first-order valence-electron chi connectivity index (χ1n) is 7.90. The molecule has 0 radical (unpaired) electrons. The molecule has 8 heteroatoms. The lowest BCUT2D eigenvalue weighted by Crippen LogP contribution is -2.29. The first-order valence-corrected chi connectivity index (χ1v) is 7.90. The lowest BCUT2D eigenvalue weighted by molar-refractivity contribution is -0.133. The monoisotopic (exact) mass is 352 g/mol. The predicted molar refractivity (Wildman–Crippen MR) is 95.8 cm³/mol. The fourth-order valence-corrected chi connectivity index (χ4v) is 2.36. The summed E-state index contributed by atoms with van der Waals surface area (Å²) in [5, 5.41) is 12.5. The molecule has 8 nitrogen and oxygen atoms in total. The van der Waals surface area contributed by atoms with E-state index >= 15 is 0 Å². The van der Waals surface area contributed by atoms with Crippen molar-refractivity contribution >= 4 is 40.1 Å². The van der Waals surface area contributed by atoms with Crippen LogP contribution in [-0.2, 0) is 14.3 Å². The molecule has 26 heavy (non-hydrogen) atoms. The molecular weight excluding hydrogens is 336 g/mol. The summed E-state index contributed by atoms with van der Waals surface area (Å²) in [7, 11) is 0. The highest BCUT2D eigenvalue weighted by Crippen LogP contribution is 2.18. The van der Waals surface area contributed by atoms with Crippen molar-refractivity contribution in [1.29, 1.82) is 0 Å². The third-order valence-electron chi connectivity index (χ3n) is 3.58. The lowest BCUT2D eigenvalue weighted by Gasteiger charge is -2.10. The molecule has 0 atom stereocenters. The van der Waals surface area contributed by atoms with Gasteiger partial charge in [0.15, 0.2) is 0 Å².